The van der Waals surface area contributed by atoms with Crippen LogP contribution in [0.25, 0.3) is 10.9 Å². The summed E-state index contributed by atoms with van der Waals surface area (Å²) in [5.74, 6) is -0.621. The normalized spacial score (nSPS) is 9.69. The maximum absolute atomic E-state index is 10.8. The summed E-state index contributed by atoms with van der Waals surface area (Å²) < 4.78 is 4.69. The van der Waals surface area contributed by atoms with E-state index in [1.807, 2.05) is 0 Å². The molecule has 0 spiro atoms. The fourth-order valence-corrected chi connectivity index (χ4v) is 2.12. The number of hydrogen-bond donors (Lipinski definition) is 1. The molecule has 0 aliphatic rings. The summed E-state index contributed by atoms with van der Waals surface area (Å²) in [5, 5.41) is 19.4. The number of benzene rings is 1. The number of nitro benzene ring substituents is 1. The minimum atomic E-state index is -0.826. The molecule has 1 aromatic carbocycles. The molecule has 2 heterocycles. The highest BCUT2D eigenvalue weighted by Gasteiger charge is 2.15. The molecule has 0 bridgehead atoms. The molecule has 9 nitrogen and oxygen atoms in total. The number of carboxylic acid groups (broad SMARTS) is 1. The van der Waals surface area contributed by atoms with Crippen molar-refractivity contribution in [1.82, 2.24) is 9.97 Å². The quantitative estimate of drug-likeness (QED) is 0.419. The number of carboxylic acids is 1. The number of hydrogen-bond acceptors (Lipinski definition) is 7. The van der Waals surface area contributed by atoms with Crippen LogP contribution in [0.5, 0.6) is 5.75 Å². The average molecular weight is 355 g/mol. The Morgan fingerprint density at radius 1 is 1.23 bits per heavy atom. The minimum absolute atomic E-state index is 0.0494. The van der Waals surface area contributed by atoms with Gasteiger partial charge in [-0.3, -0.25) is 29.7 Å². The van der Waals surface area contributed by atoms with Gasteiger partial charge >= 0.3 is 5.97 Å². The van der Waals surface area contributed by atoms with Crippen LogP contribution >= 0.6 is 0 Å². The molecule has 3 rings (SSSR count). The van der Waals surface area contributed by atoms with Crippen LogP contribution in [0.4, 0.5) is 5.69 Å². The van der Waals surface area contributed by atoms with E-state index in [1.165, 1.54) is 18.3 Å². The first-order valence-electron chi connectivity index (χ1n) is 7.26. The Bertz CT molecular complexity index is 930. The number of nitro groups is 1. The number of carbonyl (C=O) groups excluding carboxylic acids is 1. The molecule has 0 aliphatic heterocycles. The second-order valence-electron chi connectivity index (χ2n) is 4.89. The van der Waals surface area contributed by atoms with Crippen molar-refractivity contribution >= 4 is 29.0 Å². The molecular formula is C17H13N3O6. The zero-order valence-electron chi connectivity index (χ0n) is 13.3. The van der Waals surface area contributed by atoms with E-state index >= 15 is 0 Å². The van der Waals surface area contributed by atoms with E-state index in [1.54, 1.807) is 36.7 Å². The van der Waals surface area contributed by atoms with Crippen molar-refractivity contribution in [2.24, 2.45) is 0 Å². The summed E-state index contributed by atoms with van der Waals surface area (Å²) in [4.78, 5) is 38.4. The SMILES string of the molecule is O=C(O)Cc1cccnc1.O=COc1ccc([N+](=O)[O-])c2cccnc12. The summed E-state index contributed by atoms with van der Waals surface area (Å²) in [6.07, 6.45) is 4.69. The van der Waals surface area contributed by atoms with Crippen molar-refractivity contribution in [2.75, 3.05) is 0 Å². The van der Waals surface area contributed by atoms with Crippen molar-refractivity contribution < 1.29 is 24.4 Å². The molecule has 0 unspecified atom stereocenters. The number of fused-ring (bicyclic) bond motifs is 1. The van der Waals surface area contributed by atoms with Crippen molar-refractivity contribution in [2.45, 2.75) is 6.42 Å². The number of aliphatic carboxylic acids is 1. The van der Waals surface area contributed by atoms with Gasteiger partial charge in [-0.2, -0.15) is 0 Å². The Hall–Kier alpha value is -3.88. The van der Waals surface area contributed by atoms with Crippen LogP contribution in [-0.2, 0) is 16.0 Å². The molecule has 0 amide bonds. The summed E-state index contributed by atoms with van der Waals surface area (Å²) in [6, 6.07) is 9.22. The average Bonchev–Trinajstić information content (AvgIpc) is 2.63. The molecule has 26 heavy (non-hydrogen) atoms. The Morgan fingerprint density at radius 2 is 2.00 bits per heavy atom. The Morgan fingerprint density at radius 3 is 2.62 bits per heavy atom. The summed E-state index contributed by atoms with van der Waals surface area (Å²) in [6.45, 7) is 0.259. The van der Waals surface area contributed by atoms with Crippen LogP contribution in [0, 0.1) is 10.1 Å². The van der Waals surface area contributed by atoms with Gasteiger partial charge in [-0.25, -0.2) is 0 Å². The molecule has 2 aromatic heterocycles. The fraction of sp³-hybridized carbons (Fsp3) is 0.0588. The fourth-order valence-electron chi connectivity index (χ4n) is 2.12. The van der Waals surface area contributed by atoms with Gasteiger partial charge in [-0.05, 0) is 29.8 Å². The summed E-state index contributed by atoms with van der Waals surface area (Å²) in [5.41, 5.74) is 0.958. The van der Waals surface area contributed by atoms with Gasteiger partial charge in [0.05, 0.1) is 16.7 Å². The van der Waals surface area contributed by atoms with Crippen molar-refractivity contribution in [3.8, 4) is 5.75 Å². The van der Waals surface area contributed by atoms with Gasteiger partial charge in [0, 0.05) is 24.7 Å². The highest BCUT2D eigenvalue weighted by Crippen LogP contribution is 2.30. The maximum atomic E-state index is 10.8. The van der Waals surface area contributed by atoms with E-state index in [0.29, 0.717) is 10.9 Å². The minimum Gasteiger partial charge on any atom is -0.481 e. The zero-order chi connectivity index (χ0) is 18.9. The van der Waals surface area contributed by atoms with Crippen LogP contribution in [0.2, 0.25) is 0 Å². The van der Waals surface area contributed by atoms with E-state index in [0.717, 1.165) is 5.56 Å². The number of ether oxygens (including phenoxy) is 1. The first-order valence-corrected chi connectivity index (χ1v) is 7.26. The van der Waals surface area contributed by atoms with E-state index in [-0.39, 0.29) is 24.3 Å². The smallest absolute Gasteiger partial charge is 0.307 e. The van der Waals surface area contributed by atoms with E-state index in [2.05, 4.69) is 14.7 Å². The maximum Gasteiger partial charge on any atom is 0.307 e. The van der Waals surface area contributed by atoms with Crippen molar-refractivity contribution in [3.05, 3.63) is 70.7 Å². The molecule has 1 N–H and O–H groups in total. The van der Waals surface area contributed by atoms with Crippen LogP contribution in [0.1, 0.15) is 5.56 Å². The number of carbonyl (C=O) groups is 2. The van der Waals surface area contributed by atoms with Crippen molar-refractivity contribution in [1.29, 1.82) is 0 Å². The number of pyridine rings is 2. The Labute approximate surface area is 147 Å². The Balaban J connectivity index is 0.000000209. The van der Waals surface area contributed by atoms with Gasteiger partial charge in [-0.15, -0.1) is 0 Å². The topological polar surface area (TPSA) is 133 Å². The molecule has 0 atom stereocenters. The number of aromatic nitrogens is 2. The predicted octanol–water partition coefficient (Wildman–Crippen LogP) is 2.39. The van der Waals surface area contributed by atoms with Crippen LogP contribution in [0.3, 0.4) is 0 Å². The van der Waals surface area contributed by atoms with E-state index < -0.39 is 10.9 Å². The molecule has 9 heteroatoms. The van der Waals surface area contributed by atoms with Gasteiger partial charge in [-0.1, -0.05) is 6.07 Å². The monoisotopic (exact) mass is 355 g/mol. The molecule has 0 saturated heterocycles. The molecule has 0 radical (unpaired) electrons. The van der Waals surface area contributed by atoms with Gasteiger partial charge in [0.25, 0.3) is 12.2 Å². The zero-order valence-corrected chi connectivity index (χ0v) is 13.3. The number of non-ortho nitro benzene ring substituents is 1. The highest BCUT2D eigenvalue weighted by atomic mass is 16.6. The highest BCUT2D eigenvalue weighted by molar-refractivity contribution is 5.92. The van der Waals surface area contributed by atoms with Gasteiger partial charge < -0.3 is 9.84 Å². The lowest BCUT2D eigenvalue weighted by Crippen LogP contribution is -1.99. The third-order valence-corrected chi connectivity index (χ3v) is 3.16. The third kappa shape index (κ3) is 4.81. The van der Waals surface area contributed by atoms with E-state index in [9.17, 15) is 19.7 Å². The largest absolute Gasteiger partial charge is 0.481 e. The molecule has 0 fully saturated rings. The molecule has 132 valence electrons. The Kier molecular flexibility index (Phi) is 6.27. The van der Waals surface area contributed by atoms with Crippen LogP contribution in [-0.4, -0.2) is 32.4 Å². The lowest BCUT2D eigenvalue weighted by atomic mass is 10.1. The second-order valence-corrected chi connectivity index (χ2v) is 4.89. The van der Waals surface area contributed by atoms with Crippen LogP contribution in [0.15, 0.2) is 55.0 Å². The lowest BCUT2D eigenvalue weighted by molar-refractivity contribution is -0.383. The molecular weight excluding hydrogens is 342 g/mol. The standard InChI is InChI=1S/C10H6N2O4.C7H7NO2/c13-6-16-9-4-3-8(12(14)15)7-2-1-5-11-10(7)9;9-7(10)4-6-2-1-3-8-5-6/h1-6H;1-3,5H,4H2,(H,9,10). The van der Waals surface area contributed by atoms with Crippen molar-refractivity contribution in [3.63, 3.8) is 0 Å². The first-order chi connectivity index (χ1) is 12.5. The molecule has 0 aliphatic carbocycles. The summed E-state index contributed by atoms with van der Waals surface area (Å²) >= 11 is 0. The van der Waals surface area contributed by atoms with Crippen LogP contribution < -0.4 is 4.74 Å². The van der Waals surface area contributed by atoms with Gasteiger partial charge in [0.2, 0.25) is 0 Å². The van der Waals surface area contributed by atoms with E-state index in [4.69, 9.17) is 5.11 Å². The molecule has 3 aromatic rings. The first kappa shape index (κ1) is 18.5. The summed E-state index contributed by atoms with van der Waals surface area (Å²) in [7, 11) is 0. The number of nitrogens with zero attached hydrogens (tertiary/aromatic N) is 3. The lowest BCUT2D eigenvalue weighted by Gasteiger charge is -2.03. The predicted molar refractivity (Wildman–Crippen MR) is 90.7 cm³/mol. The number of rotatable bonds is 5. The van der Waals surface area contributed by atoms with Gasteiger partial charge in [0.1, 0.15) is 5.52 Å². The third-order valence-electron chi connectivity index (χ3n) is 3.16. The van der Waals surface area contributed by atoms with Gasteiger partial charge in [0.15, 0.2) is 5.75 Å². The second kappa shape index (κ2) is 8.83. The molecule has 0 saturated carbocycles.